The van der Waals surface area contributed by atoms with E-state index in [0.717, 1.165) is 11.1 Å². The number of carboxylic acid groups (broad SMARTS) is 1. The van der Waals surface area contributed by atoms with Crippen molar-refractivity contribution in [2.75, 3.05) is 24.5 Å². The van der Waals surface area contributed by atoms with E-state index in [1.807, 2.05) is 36.4 Å². The summed E-state index contributed by atoms with van der Waals surface area (Å²) in [7, 11) is 0. The summed E-state index contributed by atoms with van der Waals surface area (Å²) in [6, 6.07) is 21.2. The average molecular weight is 568 g/mol. The minimum absolute atomic E-state index is 0.193. The van der Waals surface area contributed by atoms with Crippen molar-refractivity contribution in [1.29, 1.82) is 0 Å². The predicted molar refractivity (Wildman–Crippen MR) is 151 cm³/mol. The number of hydrogen-bond donors (Lipinski definition) is 2. The Balaban J connectivity index is 1.47. The van der Waals surface area contributed by atoms with E-state index < -0.39 is 6.09 Å². The molecular weight excluding hydrogens is 541 g/mol. The molecule has 0 aliphatic carbocycles. The van der Waals surface area contributed by atoms with Crippen molar-refractivity contribution in [3.05, 3.63) is 100 Å². The van der Waals surface area contributed by atoms with Gasteiger partial charge in [0.1, 0.15) is 18.9 Å². The van der Waals surface area contributed by atoms with Crippen LogP contribution in [0.25, 0.3) is 6.08 Å². The van der Waals surface area contributed by atoms with Gasteiger partial charge in [-0.3, -0.25) is 14.5 Å². The minimum Gasteiger partial charge on any atom is -0.489 e. The lowest BCUT2D eigenvalue weighted by Crippen LogP contribution is -2.43. The van der Waals surface area contributed by atoms with Gasteiger partial charge in [-0.25, -0.2) is 4.79 Å². The predicted octanol–water partition coefficient (Wildman–Crippen LogP) is 5.49. The summed E-state index contributed by atoms with van der Waals surface area (Å²) >= 11 is 12.0. The fourth-order valence-electron chi connectivity index (χ4n) is 4.15. The van der Waals surface area contributed by atoms with Gasteiger partial charge < -0.3 is 20.1 Å². The molecule has 1 saturated heterocycles. The van der Waals surface area contributed by atoms with Gasteiger partial charge >= 0.3 is 6.09 Å². The van der Waals surface area contributed by atoms with Crippen LogP contribution in [0.4, 0.5) is 10.5 Å². The molecule has 39 heavy (non-hydrogen) atoms. The summed E-state index contributed by atoms with van der Waals surface area (Å²) in [5.41, 5.74) is 2.22. The highest BCUT2D eigenvalue weighted by Crippen LogP contribution is 2.25. The van der Waals surface area contributed by atoms with Gasteiger partial charge in [0.05, 0.1) is 16.1 Å². The van der Waals surface area contributed by atoms with Crippen LogP contribution in [-0.2, 0) is 16.2 Å². The lowest BCUT2D eigenvalue weighted by molar-refractivity contribution is -0.130. The van der Waals surface area contributed by atoms with Gasteiger partial charge in [-0.1, -0.05) is 59.6 Å². The molecule has 3 aromatic rings. The second kappa shape index (κ2) is 13.2. The monoisotopic (exact) mass is 567 g/mol. The van der Waals surface area contributed by atoms with Crippen molar-refractivity contribution in [3.63, 3.8) is 0 Å². The Hall–Kier alpha value is -4.01. The Kier molecular flexibility index (Phi) is 9.46. The van der Waals surface area contributed by atoms with Gasteiger partial charge in [-0.2, -0.15) is 0 Å². The number of nitrogens with zero attached hydrogens (tertiary/aromatic N) is 2. The maximum Gasteiger partial charge on any atom is 0.404 e. The lowest BCUT2D eigenvalue weighted by Gasteiger charge is -2.25. The molecule has 4 rings (SSSR count). The maximum atomic E-state index is 13.3. The molecule has 8 nitrogen and oxygen atoms in total. The Bertz CT molecular complexity index is 1350. The molecule has 1 aliphatic heterocycles. The Morgan fingerprint density at radius 2 is 1.77 bits per heavy atom. The Labute approximate surface area is 236 Å². The van der Waals surface area contributed by atoms with E-state index >= 15 is 0 Å². The number of carbonyl (C=O) groups is 3. The summed E-state index contributed by atoms with van der Waals surface area (Å²) in [6.45, 7) is 0.751. The van der Waals surface area contributed by atoms with E-state index in [1.54, 1.807) is 47.4 Å². The number of hydrogen-bond acceptors (Lipinski definition) is 4. The zero-order valence-corrected chi connectivity index (χ0v) is 22.4. The molecule has 202 valence electrons. The van der Waals surface area contributed by atoms with Gasteiger partial charge in [-0.05, 0) is 60.0 Å². The third-order valence-corrected chi connectivity index (χ3v) is 6.92. The molecule has 0 saturated carbocycles. The minimum atomic E-state index is -1.13. The second-order valence-corrected chi connectivity index (χ2v) is 9.79. The van der Waals surface area contributed by atoms with E-state index in [1.165, 1.54) is 11.0 Å². The number of carbonyl (C=O) groups excluding carboxylic acids is 2. The molecule has 2 N–H and O–H groups in total. The van der Waals surface area contributed by atoms with Gasteiger partial charge in [0.15, 0.2) is 0 Å². The lowest BCUT2D eigenvalue weighted by atomic mass is 10.2. The third-order valence-electron chi connectivity index (χ3n) is 6.18. The SMILES string of the molecule is O=C(O)NC1CCN(C(=O)CN(C(=O)C=Cc2ccccc2)c2ccc(OCc3ccc(Cl)c(Cl)c3)cc2)C1. The fraction of sp³-hybridized carbons (Fsp3) is 0.207. The molecule has 1 unspecified atom stereocenters. The smallest absolute Gasteiger partial charge is 0.404 e. The molecule has 0 radical (unpaired) electrons. The molecule has 1 fully saturated rings. The van der Waals surface area contributed by atoms with Crippen LogP contribution in [0, 0.1) is 0 Å². The maximum absolute atomic E-state index is 13.3. The first-order valence-corrected chi connectivity index (χ1v) is 13.0. The molecule has 1 heterocycles. The quantitative estimate of drug-likeness (QED) is 0.333. The van der Waals surface area contributed by atoms with E-state index in [0.29, 0.717) is 34.4 Å². The van der Waals surface area contributed by atoms with E-state index in [4.69, 9.17) is 33.0 Å². The molecule has 0 spiro atoms. The zero-order chi connectivity index (χ0) is 27.8. The normalized spacial score (nSPS) is 14.8. The molecule has 0 aromatic heterocycles. The van der Waals surface area contributed by atoms with Gasteiger partial charge in [0, 0.05) is 24.9 Å². The van der Waals surface area contributed by atoms with Crippen molar-refractivity contribution in [1.82, 2.24) is 10.2 Å². The topological polar surface area (TPSA) is 99.2 Å². The average Bonchev–Trinajstić information content (AvgIpc) is 3.40. The Morgan fingerprint density at radius 3 is 2.46 bits per heavy atom. The van der Waals surface area contributed by atoms with Crippen molar-refractivity contribution in [2.24, 2.45) is 0 Å². The summed E-state index contributed by atoms with van der Waals surface area (Å²) in [5.74, 6) is -0.0623. The molecule has 0 bridgehead atoms. The van der Waals surface area contributed by atoms with Crippen molar-refractivity contribution in [2.45, 2.75) is 19.1 Å². The number of amides is 3. The summed E-state index contributed by atoms with van der Waals surface area (Å²) in [6.07, 6.45) is 2.51. The van der Waals surface area contributed by atoms with Gasteiger partial charge in [0.2, 0.25) is 5.91 Å². The van der Waals surface area contributed by atoms with Crippen LogP contribution >= 0.6 is 23.2 Å². The highest BCUT2D eigenvalue weighted by Gasteiger charge is 2.29. The summed E-state index contributed by atoms with van der Waals surface area (Å²) in [5, 5.41) is 12.3. The van der Waals surface area contributed by atoms with Crippen LogP contribution < -0.4 is 15.0 Å². The summed E-state index contributed by atoms with van der Waals surface area (Å²) in [4.78, 5) is 40.3. The highest BCUT2D eigenvalue weighted by molar-refractivity contribution is 6.42. The van der Waals surface area contributed by atoms with E-state index in [-0.39, 0.29) is 37.6 Å². The van der Waals surface area contributed by atoms with Gasteiger partial charge in [0.25, 0.3) is 5.91 Å². The number of benzene rings is 3. The zero-order valence-electron chi connectivity index (χ0n) is 20.9. The van der Waals surface area contributed by atoms with Crippen LogP contribution in [0.5, 0.6) is 5.75 Å². The number of anilines is 1. The van der Waals surface area contributed by atoms with Crippen LogP contribution in [0.2, 0.25) is 10.0 Å². The number of nitrogens with one attached hydrogen (secondary N) is 1. The molecule has 1 atom stereocenters. The number of halogens is 2. The number of likely N-dealkylation sites (tertiary alicyclic amines) is 1. The van der Waals surface area contributed by atoms with Crippen LogP contribution in [0.1, 0.15) is 17.5 Å². The van der Waals surface area contributed by atoms with Crippen LogP contribution in [-0.4, -0.2) is 53.6 Å². The van der Waals surface area contributed by atoms with E-state index in [2.05, 4.69) is 5.32 Å². The van der Waals surface area contributed by atoms with Crippen LogP contribution in [0.3, 0.4) is 0 Å². The second-order valence-electron chi connectivity index (χ2n) is 8.97. The molecular formula is C29H27Cl2N3O5. The number of ether oxygens (including phenoxy) is 1. The van der Waals surface area contributed by atoms with Crippen LogP contribution in [0.15, 0.2) is 78.9 Å². The van der Waals surface area contributed by atoms with Crippen molar-refractivity contribution < 1.29 is 24.2 Å². The first-order chi connectivity index (χ1) is 18.8. The first kappa shape index (κ1) is 28.0. The van der Waals surface area contributed by atoms with Gasteiger partial charge in [-0.15, -0.1) is 0 Å². The fourth-order valence-corrected chi connectivity index (χ4v) is 4.47. The molecule has 3 amide bonds. The molecule has 10 heteroatoms. The van der Waals surface area contributed by atoms with Crippen molar-refractivity contribution in [3.8, 4) is 5.75 Å². The standard InChI is InChI=1S/C29H27Cl2N3O5/c30-25-12-6-21(16-26(25)31)19-39-24-10-8-23(9-11-24)34(27(35)13-7-20-4-2-1-3-5-20)18-28(36)33-15-14-22(17-33)32-29(37)38/h1-13,16,22,32H,14-15,17-19H2,(H,37,38). The first-order valence-electron chi connectivity index (χ1n) is 12.3. The van der Waals surface area contributed by atoms with Crippen molar-refractivity contribution >= 4 is 52.9 Å². The molecule has 1 aliphatic rings. The molecule has 3 aromatic carbocycles. The third kappa shape index (κ3) is 7.99. The largest absolute Gasteiger partial charge is 0.489 e. The van der Waals surface area contributed by atoms with E-state index in [9.17, 15) is 14.4 Å². The number of rotatable bonds is 9. The highest BCUT2D eigenvalue weighted by atomic mass is 35.5. The Morgan fingerprint density at radius 1 is 1.03 bits per heavy atom. The summed E-state index contributed by atoms with van der Waals surface area (Å²) < 4.78 is 5.84.